The molecule has 1 N–H and O–H groups in total. The monoisotopic (exact) mass is 505 g/mol. The predicted molar refractivity (Wildman–Crippen MR) is 138 cm³/mol. The van der Waals surface area contributed by atoms with Gasteiger partial charge in [0.2, 0.25) is 11.8 Å². The summed E-state index contributed by atoms with van der Waals surface area (Å²) in [6.07, 6.45) is -0.0728. The van der Waals surface area contributed by atoms with Crippen molar-refractivity contribution in [1.29, 1.82) is 0 Å². The lowest BCUT2D eigenvalue weighted by Gasteiger charge is -2.16. The van der Waals surface area contributed by atoms with Gasteiger partial charge in [0, 0.05) is 12.1 Å². The van der Waals surface area contributed by atoms with Crippen molar-refractivity contribution in [2.75, 3.05) is 11.9 Å². The molecule has 1 atom stereocenters. The van der Waals surface area contributed by atoms with E-state index in [1.54, 1.807) is 43.3 Å². The van der Waals surface area contributed by atoms with Crippen LogP contribution >= 0.6 is 11.8 Å². The highest BCUT2D eigenvalue weighted by atomic mass is 32.2. The SMILES string of the molecule is CCOC(=O)c1ccc(NC(=O)CC2SC(=Nc3cccc(F)c3)N(Cc3ccccc3)C2=O)cc1. The molecule has 0 aromatic heterocycles. The van der Waals surface area contributed by atoms with Crippen LogP contribution in [0.4, 0.5) is 15.8 Å². The van der Waals surface area contributed by atoms with Crippen LogP contribution in [0.5, 0.6) is 0 Å². The molecule has 1 fully saturated rings. The lowest BCUT2D eigenvalue weighted by molar-refractivity contribution is -0.128. The summed E-state index contributed by atoms with van der Waals surface area (Å²) in [6, 6.07) is 21.6. The van der Waals surface area contributed by atoms with E-state index in [-0.39, 0.29) is 31.4 Å². The van der Waals surface area contributed by atoms with Crippen LogP contribution < -0.4 is 5.32 Å². The number of benzene rings is 3. The van der Waals surface area contributed by atoms with Gasteiger partial charge in [0.1, 0.15) is 11.1 Å². The molecule has 0 aliphatic carbocycles. The first kappa shape index (κ1) is 25.1. The number of hydrogen-bond acceptors (Lipinski definition) is 6. The highest BCUT2D eigenvalue weighted by Crippen LogP contribution is 2.33. The smallest absolute Gasteiger partial charge is 0.338 e. The number of rotatable bonds is 8. The summed E-state index contributed by atoms with van der Waals surface area (Å²) in [4.78, 5) is 43.8. The van der Waals surface area contributed by atoms with Crippen molar-refractivity contribution in [2.24, 2.45) is 4.99 Å². The standard InChI is InChI=1S/C27H24FN3O4S/c1-2-35-26(34)19-11-13-21(14-12-19)29-24(32)16-23-25(33)31(17-18-7-4-3-5-8-18)27(36-23)30-22-10-6-9-20(28)15-22/h3-15,23H,2,16-17H2,1H3,(H,29,32). The summed E-state index contributed by atoms with van der Waals surface area (Å²) in [6.45, 7) is 2.29. The summed E-state index contributed by atoms with van der Waals surface area (Å²) in [7, 11) is 0. The van der Waals surface area contributed by atoms with Gasteiger partial charge in [0.15, 0.2) is 5.17 Å². The number of esters is 1. The van der Waals surface area contributed by atoms with Gasteiger partial charge in [-0.3, -0.25) is 14.5 Å². The molecule has 1 aliphatic heterocycles. The van der Waals surface area contributed by atoms with Crippen molar-refractivity contribution in [2.45, 2.75) is 25.1 Å². The maximum atomic E-state index is 13.7. The van der Waals surface area contributed by atoms with Gasteiger partial charge in [-0.2, -0.15) is 0 Å². The fraction of sp³-hybridized carbons (Fsp3) is 0.185. The molecule has 3 aromatic carbocycles. The number of ether oxygens (including phenoxy) is 1. The van der Waals surface area contributed by atoms with Gasteiger partial charge >= 0.3 is 5.97 Å². The molecule has 0 saturated carbocycles. The zero-order chi connectivity index (χ0) is 25.5. The average Bonchev–Trinajstić information content (AvgIpc) is 3.14. The maximum Gasteiger partial charge on any atom is 0.338 e. The lowest BCUT2D eigenvalue weighted by Crippen LogP contribution is -2.33. The minimum absolute atomic E-state index is 0.0728. The number of nitrogens with zero attached hydrogens (tertiary/aromatic N) is 2. The number of amidine groups is 1. The van der Waals surface area contributed by atoms with Crippen molar-refractivity contribution in [3.63, 3.8) is 0 Å². The fourth-order valence-corrected chi connectivity index (χ4v) is 4.73. The van der Waals surface area contributed by atoms with Gasteiger partial charge in [0.25, 0.3) is 0 Å². The van der Waals surface area contributed by atoms with E-state index in [1.165, 1.54) is 28.8 Å². The maximum absolute atomic E-state index is 13.7. The van der Waals surface area contributed by atoms with Crippen LogP contribution in [0.15, 0.2) is 83.9 Å². The van der Waals surface area contributed by atoms with Crippen molar-refractivity contribution in [1.82, 2.24) is 4.90 Å². The summed E-state index contributed by atoms with van der Waals surface area (Å²) < 4.78 is 18.6. The largest absolute Gasteiger partial charge is 0.462 e. The molecule has 1 unspecified atom stereocenters. The van der Waals surface area contributed by atoms with E-state index in [4.69, 9.17) is 4.74 Å². The Balaban J connectivity index is 1.48. The van der Waals surface area contributed by atoms with E-state index in [1.807, 2.05) is 30.3 Å². The summed E-state index contributed by atoms with van der Waals surface area (Å²) in [5.74, 6) is -1.46. The molecule has 9 heteroatoms. The Labute approximate surface area is 212 Å². The van der Waals surface area contributed by atoms with Gasteiger partial charge in [-0.15, -0.1) is 0 Å². The molecule has 2 amide bonds. The second-order valence-corrected chi connectivity index (χ2v) is 9.11. The first-order valence-corrected chi connectivity index (χ1v) is 12.2. The topological polar surface area (TPSA) is 88.1 Å². The molecule has 0 bridgehead atoms. The van der Waals surface area contributed by atoms with Crippen molar-refractivity contribution >= 4 is 46.1 Å². The van der Waals surface area contributed by atoms with E-state index in [9.17, 15) is 18.8 Å². The second kappa shape index (κ2) is 11.6. The van der Waals surface area contributed by atoms with Crippen LogP contribution in [0.3, 0.4) is 0 Å². The zero-order valence-corrected chi connectivity index (χ0v) is 20.3. The van der Waals surface area contributed by atoms with Crippen LogP contribution in [0.25, 0.3) is 0 Å². The Morgan fingerprint density at radius 2 is 1.81 bits per heavy atom. The first-order valence-electron chi connectivity index (χ1n) is 11.4. The summed E-state index contributed by atoms with van der Waals surface area (Å²) in [5.41, 5.74) is 2.17. The van der Waals surface area contributed by atoms with Crippen LogP contribution in [0.2, 0.25) is 0 Å². The third-order valence-electron chi connectivity index (χ3n) is 5.29. The zero-order valence-electron chi connectivity index (χ0n) is 19.5. The van der Waals surface area contributed by atoms with Crippen LogP contribution in [-0.4, -0.2) is 39.7 Å². The quantitative estimate of drug-likeness (QED) is 0.427. The number of nitrogens with one attached hydrogen (secondary N) is 1. The summed E-state index contributed by atoms with van der Waals surface area (Å²) in [5, 5.41) is 2.49. The highest BCUT2D eigenvalue weighted by Gasteiger charge is 2.39. The number of thioether (sulfide) groups is 1. The number of carbonyl (C=O) groups excluding carboxylic acids is 3. The molecule has 36 heavy (non-hydrogen) atoms. The van der Waals surface area contributed by atoms with E-state index >= 15 is 0 Å². The molecule has 3 aromatic rings. The normalized spacial score (nSPS) is 16.3. The number of aliphatic imine (C=N–C) groups is 1. The third kappa shape index (κ3) is 6.37. The number of amides is 2. The Hall–Kier alpha value is -3.98. The van der Waals surface area contributed by atoms with Crippen LogP contribution in [0.1, 0.15) is 29.3 Å². The van der Waals surface area contributed by atoms with E-state index in [0.717, 1.165) is 5.56 Å². The van der Waals surface area contributed by atoms with Gasteiger partial charge in [-0.05, 0) is 55.0 Å². The molecule has 0 radical (unpaired) electrons. The Bertz CT molecular complexity index is 1280. The minimum atomic E-state index is -0.681. The van der Waals surface area contributed by atoms with Crippen molar-refractivity contribution < 1.29 is 23.5 Å². The molecule has 1 heterocycles. The number of halogens is 1. The first-order chi connectivity index (χ1) is 17.4. The molecular weight excluding hydrogens is 481 g/mol. The number of hydrogen-bond donors (Lipinski definition) is 1. The molecule has 1 aliphatic rings. The molecule has 7 nitrogen and oxygen atoms in total. The Morgan fingerprint density at radius 3 is 2.50 bits per heavy atom. The number of anilines is 1. The minimum Gasteiger partial charge on any atom is -0.462 e. The van der Waals surface area contributed by atoms with Gasteiger partial charge in [0.05, 0.1) is 24.4 Å². The second-order valence-electron chi connectivity index (χ2n) is 7.94. The Kier molecular flexibility index (Phi) is 8.12. The van der Waals surface area contributed by atoms with Gasteiger partial charge < -0.3 is 10.1 Å². The molecule has 184 valence electrons. The Morgan fingerprint density at radius 1 is 1.06 bits per heavy atom. The van der Waals surface area contributed by atoms with Crippen LogP contribution in [0, 0.1) is 5.82 Å². The molecule has 4 rings (SSSR count). The third-order valence-corrected chi connectivity index (χ3v) is 6.46. The lowest BCUT2D eigenvalue weighted by atomic mass is 10.2. The molecule has 0 spiro atoms. The predicted octanol–water partition coefficient (Wildman–Crippen LogP) is 5.16. The van der Waals surface area contributed by atoms with Crippen LogP contribution in [-0.2, 0) is 20.9 Å². The highest BCUT2D eigenvalue weighted by molar-refractivity contribution is 8.15. The van der Waals surface area contributed by atoms with Crippen molar-refractivity contribution in [3.05, 3.63) is 95.8 Å². The van der Waals surface area contributed by atoms with E-state index in [2.05, 4.69) is 10.3 Å². The van der Waals surface area contributed by atoms with E-state index in [0.29, 0.717) is 22.1 Å². The average molecular weight is 506 g/mol. The molecular formula is C27H24FN3O4S. The van der Waals surface area contributed by atoms with Crippen molar-refractivity contribution in [3.8, 4) is 0 Å². The summed E-state index contributed by atoms with van der Waals surface area (Å²) >= 11 is 1.18. The number of carbonyl (C=O) groups is 3. The van der Waals surface area contributed by atoms with Gasteiger partial charge in [-0.1, -0.05) is 48.2 Å². The fourth-order valence-electron chi connectivity index (χ4n) is 3.58. The van der Waals surface area contributed by atoms with E-state index < -0.39 is 17.0 Å². The molecule has 1 saturated heterocycles. The van der Waals surface area contributed by atoms with Gasteiger partial charge in [-0.25, -0.2) is 14.2 Å².